The van der Waals surface area contributed by atoms with Gasteiger partial charge in [-0.05, 0) is 82.3 Å². The van der Waals surface area contributed by atoms with E-state index in [0.717, 1.165) is 14.9 Å². The highest BCUT2D eigenvalue weighted by molar-refractivity contribution is 14.1. The van der Waals surface area contributed by atoms with Crippen molar-refractivity contribution >= 4 is 46.7 Å². The van der Waals surface area contributed by atoms with Gasteiger partial charge < -0.3 is 19.5 Å². The lowest BCUT2D eigenvalue weighted by molar-refractivity contribution is -0.117. The molecule has 3 aromatic carbocycles. The minimum atomic E-state index is -0.582. The number of hydrazone groups is 1. The third-order valence-electron chi connectivity index (χ3n) is 4.79. The average molecular weight is 569 g/mol. The van der Waals surface area contributed by atoms with Gasteiger partial charge in [-0.1, -0.05) is 24.3 Å². The Morgan fingerprint density at radius 3 is 2.53 bits per heavy atom. The van der Waals surface area contributed by atoms with Crippen LogP contribution in [0.3, 0.4) is 0 Å². The molecule has 2 N–H and O–H groups in total. The number of carbonyl (C=O) groups is 2. The molecule has 1 heterocycles. The van der Waals surface area contributed by atoms with Gasteiger partial charge in [0.25, 0.3) is 11.8 Å². The summed E-state index contributed by atoms with van der Waals surface area (Å²) in [5.41, 5.74) is 4.34. The number of hydrogen-bond acceptors (Lipinski definition) is 6. The van der Waals surface area contributed by atoms with Crippen LogP contribution in [0.5, 0.6) is 17.2 Å². The zero-order chi connectivity index (χ0) is 23.9. The predicted octanol–water partition coefficient (Wildman–Crippen LogP) is 3.95. The van der Waals surface area contributed by atoms with Gasteiger partial charge >= 0.3 is 0 Å². The third-order valence-corrected chi connectivity index (χ3v) is 5.64. The van der Waals surface area contributed by atoms with Crippen LogP contribution in [-0.4, -0.2) is 31.9 Å². The number of ether oxygens (including phenoxy) is 3. The smallest absolute Gasteiger partial charge is 0.287 e. The SMILES string of the molecule is COc1ccc(/C=N/NC(=O)/C(=C\c2ccc3c(c2)OCO3)NC(=O)c2ccccc2)cc1I. The average Bonchev–Trinajstić information content (AvgIpc) is 3.32. The Morgan fingerprint density at radius 1 is 1.00 bits per heavy atom. The van der Waals surface area contributed by atoms with Gasteiger partial charge in [0.1, 0.15) is 11.4 Å². The summed E-state index contributed by atoms with van der Waals surface area (Å²) in [4.78, 5) is 25.6. The first-order valence-electron chi connectivity index (χ1n) is 10.2. The van der Waals surface area contributed by atoms with E-state index in [0.29, 0.717) is 22.6 Å². The summed E-state index contributed by atoms with van der Waals surface area (Å²) >= 11 is 2.16. The van der Waals surface area contributed by atoms with E-state index in [2.05, 4.69) is 38.4 Å². The van der Waals surface area contributed by atoms with Gasteiger partial charge in [-0.2, -0.15) is 5.10 Å². The molecular formula is C25H20IN3O5. The van der Waals surface area contributed by atoms with Crippen LogP contribution in [0.2, 0.25) is 0 Å². The molecule has 172 valence electrons. The maximum absolute atomic E-state index is 12.9. The number of amides is 2. The van der Waals surface area contributed by atoms with Gasteiger partial charge in [-0.25, -0.2) is 5.43 Å². The van der Waals surface area contributed by atoms with Gasteiger partial charge in [0, 0.05) is 5.56 Å². The molecule has 0 fully saturated rings. The van der Waals surface area contributed by atoms with Crippen LogP contribution in [0.15, 0.2) is 77.5 Å². The fourth-order valence-corrected chi connectivity index (χ4v) is 3.86. The Bertz CT molecular complexity index is 1270. The number of rotatable bonds is 7. The number of methoxy groups -OCH3 is 1. The second kappa shape index (κ2) is 10.8. The van der Waals surface area contributed by atoms with Gasteiger partial charge in [0.05, 0.1) is 16.9 Å². The van der Waals surface area contributed by atoms with Crippen molar-refractivity contribution in [2.45, 2.75) is 0 Å². The van der Waals surface area contributed by atoms with Crippen molar-refractivity contribution in [3.05, 3.63) is 92.7 Å². The minimum absolute atomic E-state index is 0.0224. The number of nitrogens with zero attached hydrogens (tertiary/aromatic N) is 1. The maximum atomic E-state index is 12.9. The molecule has 1 aliphatic heterocycles. The van der Waals surface area contributed by atoms with E-state index in [-0.39, 0.29) is 12.5 Å². The van der Waals surface area contributed by atoms with Crippen molar-refractivity contribution in [2.75, 3.05) is 13.9 Å². The molecule has 0 saturated heterocycles. The fraction of sp³-hybridized carbons (Fsp3) is 0.0800. The summed E-state index contributed by atoms with van der Waals surface area (Å²) in [6.45, 7) is 0.138. The molecule has 0 aromatic heterocycles. The molecule has 0 spiro atoms. The Kier molecular flexibility index (Phi) is 7.43. The van der Waals surface area contributed by atoms with Crippen molar-refractivity contribution in [3.63, 3.8) is 0 Å². The molecule has 2 amide bonds. The zero-order valence-corrected chi connectivity index (χ0v) is 20.2. The van der Waals surface area contributed by atoms with Crippen LogP contribution in [0.25, 0.3) is 6.08 Å². The Hall–Kier alpha value is -3.86. The summed E-state index contributed by atoms with van der Waals surface area (Å²) in [6, 6.07) is 19.4. The van der Waals surface area contributed by atoms with E-state index in [4.69, 9.17) is 14.2 Å². The molecule has 0 atom stereocenters. The van der Waals surface area contributed by atoms with Gasteiger partial charge in [0.2, 0.25) is 6.79 Å². The monoisotopic (exact) mass is 569 g/mol. The third kappa shape index (κ3) is 5.73. The lowest BCUT2D eigenvalue weighted by Crippen LogP contribution is -2.32. The van der Waals surface area contributed by atoms with E-state index < -0.39 is 11.8 Å². The van der Waals surface area contributed by atoms with Gasteiger partial charge in [-0.15, -0.1) is 0 Å². The maximum Gasteiger partial charge on any atom is 0.287 e. The van der Waals surface area contributed by atoms with Crippen molar-refractivity contribution in [1.29, 1.82) is 0 Å². The zero-order valence-electron chi connectivity index (χ0n) is 18.1. The van der Waals surface area contributed by atoms with Crippen LogP contribution in [0.4, 0.5) is 0 Å². The molecule has 0 aliphatic carbocycles. The summed E-state index contributed by atoms with van der Waals surface area (Å²) in [5, 5.41) is 6.70. The van der Waals surface area contributed by atoms with E-state index >= 15 is 0 Å². The quantitative estimate of drug-likeness (QED) is 0.195. The van der Waals surface area contributed by atoms with E-state index in [1.807, 2.05) is 24.3 Å². The van der Waals surface area contributed by atoms with E-state index in [9.17, 15) is 9.59 Å². The number of benzene rings is 3. The summed E-state index contributed by atoms with van der Waals surface area (Å²) in [6.07, 6.45) is 3.06. The molecule has 8 nitrogen and oxygen atoms in total. The van der Waals surface area contributed by atoms with Crippen LogP contribution in [0.1, 0.15) is 21.5 Å². The van der Waals surface area contributed by atoms with Crippen LogP contribution >= 0.6 is 22.6 Å². The van der Waals surface area contributed by atoms with E-state index in [1.165, 1.54) is 6.21 Å². The van der Waals surface area contributed by atoms with E-state index in [1.54, 1.807) is 55.7 Å². The molecule has 9 heteroatoms. The molecule has 0 saturated carbocycles. The van der Waals surface area contributed by atoms with Crippen LogP contribution in [-0.2, 0) is 4.79 Å². The summed E-state index contributed by atoms with van der Waals surface area (Å²) in [5.74, 6) is 0.933. The normalized spacial score (nSPS) is 12.5. The first-order valence-corrected chi connectivity index (χ1v) is 11.3. The minimum Gasteiger partial charge on any atom is -0.496 e. The van der Waals surface area contributed by atoms with Crippen molar-refractivity contribution in [2.24, 2.45) is 5.10 Å². The van der Waals surface area contributed by atoms with Crippen molar-refractivity contribution in [3.8, 4) is 17.2 Å². The Balaban J connectivity index is 1.54. The largest absolute Gasteiger partial charge is 0.496 e. The molecule has 1 aliphatic rings. The molecule has 4 rings (SSSR count). The topological polar surface area (TPSA) is 98.2 Å². The number of nitrogens with one attached hydrogen (secondary N) is 2. The fourth-order valence-electron chi connectivity index (χ4n) is 3.10. The molecule has 3 aromatic rings. The lowest BCUT2D eigenvalue weighted by Gasteiger charge is -2.09. The first-order chi connectivity index (χ1) is 16.5. The summed E-state index contributed by atoms with van der Waals surface area (Å²) < 4.78 is 16.9. The Labute approximate surface area is 209 Å². The highest BCUT2D eigenvalue weighted by Gasteiger charge is 2.17. The molecule has 0 unspecified atom stereocenters. The molecular weight excluding hydrogens is 549 g/mol. The molecule has 0 radical (unpaired) electrons. The van der Waals surface area contributed by atoms with Gasteiger partial charge in [-0.3, -0.25) is 9.59 Å². The highest BCUT2D eigenvalue weighted by atomic mass is 127. The second-order valence-corrected chi connectivity index (χ2v) is 8.25. The number of fused-ring (bicyclic) bond motifs is 1. The number of halogens is 1. The lowest BCUT2D eigenvalue weighted by atomic mass is 10.1. The molecule has 0 bridgehead atoms. The summed E-state index contributed by atoms with van der Waals surface area (Å²) in [7, 11) is 1.60. The second-order valence-electron chi connectivity index (χ2n) is 7.08. The van der Waals surface area contributed by atoms with Crippen LogP contribution in [0, 0.1) is 3.57 Å². The Morgan fingerprint density at radius 2 is 1.76 bits per heavy atom. The first kappa shape index (κ1) is 23.3. The molecule has 34 heavy (non-hydrogen) atoms. The standard InChI is InChI=1S/C25H20IN3O5/c1-32-21-9-8-17(11-19(21)26)14-27-29-25(31)20(28-24(30)18-5-3-2-4-6-18)12-16-7-10-22-23(13-16)34-15-33-22/h2-14H,15H2,1H3,(H,28,30)(H,29,31)/b20-12+,27-14+. The highest BCUT2D eigenvalue weighted by Crippen LogP contribution is 2.33. The number of carbonyl (C=O) groups excluding carboxylic acids is 2. The van der Waals surface area contributed by atoms with Crippen molar-refractivity contribution < 1.29 is 23.8 Å². The number of hydrogen-bond donors (Lipinski definition) is 2. The van der Waals surface area contributed by atoms with Gasteiger partial charge in [0.15, 0.2) is 11.5 Å². The van der Waals surface area contributed by atoms with Crippen molar-refractivity contribution in [1.82, 2.24) is 10.7 Å². The van der Waals surface area contributed by atoms with Crippen LogP contribution < -0.4 is 25.0 Å². The predicted molar refractivity (Wildman–Crippen MR) is 136 cm³/mol.